The highest BCUT2D eigenvalue weighted by Gasteiger charge is 2.14. The molecule has 0 unspecified atom stereocenters. The van der Waals surface area contributed by atoms with Crippen molar-refractivity contribution < 1.29 is 4.79 Å². The maximum Gasteiger partial charge on any atom is 0.259 e. The molecule has 1 aliphatic rings. The van der Waals surface area contributed by atoms with Gasteiger partial charge in [0.15, 0.2) is 0 Å². The van der Waals surface area contributed by atoms with E-state index in [9.17, 15) is 4.79 Å². The fourth-order valence-electron chi connectivity index (χ4n) is 2.48. The van der Waals surface area contributed by atoms with E-state index in [1.165, 1.54) is 17.5 Å². The van der Waals surface area contributed by atoms with Crippen LogP contribution in [0.5, 0.6) is 0 Å². The third kappa shape index (κ3) is 2.54. The fourth-order valence-corrected chi connectivity index (χ4v) is 2.81. The Hall–Kier alpha value is -1.88. The molecule has 20 heavy (non-hydrogen) atoms. The van der Waals surface area contributed by atoms with Crippen LogP contribution in [0.3, 0.4) is 0 Å². The Labute approximate surface area is 125 Å². The van der Waals surface area contributed by atoms with Gasteiger partial charge in [-0.15, -0.1) is 0 Å². The smallest absolute Gasteiger partial charge is 0.259 e. The number of pyridine rings is 1. The van der Waals surface area contributed by atoms with E-state index in [0.717, 1.165) is 23.0 Å². The van der Waals surface area contributed by atoms with E-state index >= 15 is 0 Å². The highest BCUT2D eigenvalue weighted by Crippen LogP contribution is 2.25. The van der Waals surface area contributed by atoms with Crippen molar-refractivity contribution in [2.75, 3.05) is 11.1 Å². The quantitative estimate of drug-likeness (QED) is 0.888. The minimum Gasteiger partial charge on any atom is -0.383 e. The number of carbonyl (C=O) groups excluding carboxylic acids is 1. The molecule has 0 bridgehead atoms. The first-order valence-corrected chi connectivity index (χ1v) is 7.27. The van der Waals surface area contributed by atoms with Gasteiger partial charge in [-0.05, 0) is 64.5 Å². The number of halogens is 1. The number of hydrogen-bond donors (Lipinski definition) is 2. The molecule has 2 aromatic rings. The zero-order chi connectivity index (χ0) is 14.1. The maximum absolute atomic E-state index is 12.2. The summed E-state index contributed by atoms with van der Waals surface area (Å²) in [4.78, 5) is 16.2. The molecule has 1 aliphatic carbocycles. The summed E-state index contributed by atoms with van der Waals surface area (Å²) in [5.74, 6) is -0.0129. The zero-order valence-electron chi connectivity index (χ0n) is 10.8. The van der Waals surface area contributed by atoms with Crippen LogP contribution >= 0.6 is 15.9 Å². The van der Waals surface area contributed by atoms with Crippen molar-refractivity contribution >= 4 is 33.3 Å². The highest BCUT2D eigenvalue weighted by molar-refractivity contribution is 9.10. The van der Waals surface area contributed by atoms with Crippen LogP contribution in [-0.4, -0.2) is 10.9 Å². The Morgan fingerprint density at radius 2 is 2.05 bits per heavy atom. The third-order valence-electron chi connectivity index (χ3n) is 3.49. The minimum atomic E-state index is -0.241. The lowest BCUT2D eigenvalue weighted by Crippen LogP contribution is -2.15. The summed E-state index contributed by atoms with van der Waals surface area (Å²) in [5.41, 5.74) is 9.62. The molecule has 102 valence electrons. The first kappa shape index (κ1) is 13.1. The zero-order valence-corrected chi connectivity index (χ0v) is 12.4. The Kier molecular flexibility index (Phi) is 3.44. The second kappa shape index (κ2) is 5.25. The van der Waals surface area contributed by atoms with Gasteiger partial charge < -0.3 is 11.1 Å². The first-order valence-electron chi connectivity index (χ1n) is 6.47. The summed E-state index contributed by atoms with van der Waals surface area (Å²) in [6, 6.07) is 7.73. The average molecular weight is 332 g/mol. The number of nitrogen functional groups attached to an aromatic ring is 1. The largest absolute Gasteiger partial charge is 0.383 e. The van der Waals surface area contributed by atoms with Gasteiger partial charge >= 0.3 is 0 Å². The molecular formula is C15H14BrN3O. The number of fused-ring (bicyclic) bond motifs is 1. The second-order valence-electron chi connectivity index (χ2n) is 4.88. The fraction of sp³-hybridized carbons (Fsp3) is 0.200. The monoisotopic (exact) mass is 331 g/mol. The molecule has 0 saturated heterocycles. The minimum absolute atomic E-state index is 0.229. The summed E-state index contributed by atoms with van der Waals surface area (Å²) in [6.07, 6.45) is 4.97. The summed E-state index contributed by atoms with van der Waals surface area (Å²) >= 11 is 3.29. The van der Waals surface area contributed by atoms with E-state index in [2.05, 4.69) is 32.3 Å². The number of nitrogens with two attached hydrogens (primary N) is 1. The molecule has 0 aliphatic heterocycles. The number of carbonyl (C=O) groups is 1. The van der Waals surface area contributed by atoms with Crippen LogP contribution < -0.4 is 11.1 Å². The van der Waals surface area contributed by atoms with E-state index in [0.29, 0.717) is 5.56 Å². The Morgan fingerprint density at radius 3 is 2.90 bits per heavy atom. The standard InChI is InChI=1S/C15H14BrN3O/c16-11-7-13(14(17)18-8-11)15(20)19-12-5-4-9-2-1-3-10(9)6-12/h4-8H,1-3H2,(H2,17,18)(H,19,20). The number of benzene rings is 1. The third-order valence-corrected chi connectivity index (χ3v) is 3.92. The molecule has 3 N–H and O–H groups in total. The second-order valence-corrected chi connectivity index (χ2v) is 5.79. The van der Waals surface area contributed by atoms with Gasteiger partial charge in [-0.2, -0.15) is 0 Å². The number of nitrogens with zero attached hydrogens (tertiary/aromatic N) is 1. The molecule has 3 rings (SSSR count). The number of aromatic nitrogens is 1. The summed E-state index contributed by atoms with van der Waals surface area (Å²) in [5, 5.41) is 2.88. The summed E-state index contributed by atoms with van der Waals surface area (Å²) < 4.78 is 0.728. The molecule has 0 saturated carbocycles. The van der Waals surface area contributed by atoms with E-state index < -0.39 is 0 Å². The van der Waals surface area contributed by atoms with Gasteiger partial charge in [-0.3, -0.25) is 4.79 Å². The molecule has 1 aromatic carbocycles. The number of aryl methyl sites for hydroxylation is 2. The van der Waals surface area contributed by atoms with Crippen molar-refractivity contribution in [1.29, 1.82) is 0 Å². The van der Waals surface area contributed by atoms with Crippen molar-refractivity contribution in [3.05, 3.63) is 51.6 Å². The highest BCUT2D eigenvalue weighted by atomic mass is 79.9. The van der Waals surface area contributed by atoms with E-state index in [4.69, 9.17) is 5.73 Å². The molecular weight excluding hydrogens is 318 g/mol. The van der Waals surface area contributed by atoms with Crippen molar-refractivity contribution in [2.45, 2.75) is 19.3 Å². The van der Waals surface area contributed by atoms with Gasteiger partial charge in [0.25, 0.3) is 5.91 Å². The molecule has 0 atom stereocenters. The predicted molar refractivity (Wildman–Crippen MR) is 82.8 cm³/mol. The van der Waals surface area contributed by atoms with Crippen LogP contribution in [0.25, 0.3) is 0 Å². The average Bonchev–Trinajstić information content (AvgIpc) is 2.89. The van der Waals surface area contributed by atoms with Gasteiger partial charge in [-0.1, -0.05) is 6.07 Å². The molecule has 1 aromatic heterocycles. The van der Waals surface area contributed by atoms with E-state index in [-0.39, 0.29) is 11.7 Å². The van der Waals surface area contributed by atoms with Gasteiger partial charge in [0, 0.05) is 16.4 Å². The van der Waals surface area contributed by atoms with Gasteiger partial charge in [0.1, 0.15) is 5.82 Å². The molecule has 0 fully saturated rings. The van der Waals surface area contributed by atoms with Gasteiger partial charge in [0.05, 0.1) is 5.56 Å². The molecule has 1 heterocycles. The molecule has 5 heteroatoms. The van der Waals surface area contributed by atoms with Crippen LogP contribution in [0, 0.1) is 0 Å². The number of rotatable bonds is 2. The maximum atomic E-state index is 12.2. The molecule has 4 nitrogen and oxygen atoms in total. The van der Waals surface area contributed by atoms with E-state index in [1.807, 2.05) is 12.1 Å². The number of hydrogen-bond acceptors (Lipinski definition) is 3. The Bertz CT molecular complexity index is 685. The number of nitrogens with one attached hydrogen (secondary N) is 1. The summed E-state index contributed by atoms with van der Waals surface area (Å²) in [7, 11) is 0. The summed E-state index contributed by atoms with van der Waals surface area (Å²) in [6.45, 7) is 0. The van der Waals surface area contributed by atoms with Gasteiger partial charge in [0.2, 0.25) is 0 Å². The SMILES string of the molecule is Nc1ncc(Br)cc1C(=O)Nc1ccc2c(c1)CCC2. The number of anilines is 2. The van der Waals surface area contributed by atoms with Crippen LogP contribution in [0.4, 0.5) is 11.5 Å². The van der Waals surface area contributed by atoms with Crippen LogP contribution in [-0.2, 0) is 12.8 Å². The topological polar surface area (TPSA) is 68.0 Å². The van der Waals surface area contributed by atoms with Gasteiger partial charge in [-0.25, -0.2) is 4.98 Å². The lowest BCUT2D eigenvalue weighted by Gasteiger charge is -2.09. The Morgan fingerprint density at radius 1 is 1.25 bits per heavy atom. The van der Waals surface area contributed by atoms with Crippen molar-refractivity contribution in [3.63, 3.8) is 0 Å². The molecule has 0 spiro atoms. The van der Waals surface area contributed by atoms with Crippen LogP contribution in [0.15, 0.2) is 34.9 Å². The first-order chi connectivity index (χ1) is 9.63. The van der Waals surface area contributed by atoms with Crippen molar-refractivity contribution in [1.82, 2.24) is 4.98 Å². The molecule has 1 amide bonds. The Balaban J connectivity index is 1.84. The van der Waals surface area contributed by atoms with Crippen LogP contribution in [0.2, 0.25) is 0 Å². The normalized spacial score (nSPS) is 13.1. The lowest BCUT2D eigenvalue weighted by molar-refractivity contribution is 0.102. The lowest BCUT2D eigenvalue weighted by atomic mass is 10.1. The van der Waals surface area contributed by atoms with Crippen molar-refractivity contribution in [2.24, 2.45) is 0 Å². The number of amides is 1. The van der Waals surface area contributed by atoms with Crippen LogP contribution in [0.1, 0.15) is 27.9 Å². The van der Waals surface area contributed by atoms with E-state index in [1.54, 1.807) is 12.3 Å². The molecule has 0 radical (unpaired) electrons. The van der Waals surface area contributed by atoms with Crippen molar-refractivity contribution in [3.8, 4) is 0 Å². The predicted octanol–water partition coefficient (Wildman–Crippen LogP) is 3.17.